The van der Waals surface area contributed by atoms with Gasteiger partial charge >= 0.3 is 5.97 Å². The third kappa shape index (κ3) is 2.73. The highest BCUT2D eigenvalue weighted by Crippen LogP contribution is 2.20. The summed E-state index contributed by atoms with van der Waals surface area (Å²) in [6.07, 6.45) is 1.09. The first-order chi connectivity index (χ1) is 9.72. The lowest BCUT2D eigenvalue weighted by atomic mass is 9.99. The van der Waals surface area contributed by atoms with Gasteiger partial charge in [-0.15, -0.1) is 0 Å². The number of carboxylic acids is 1. The highest BCUT2D eigenvalue weighted by molar-refractivity contribution is 5.87. The number of aromatic carboxylic acids is 1. The maximum absolute atomic E-state index is 10.8. The Morgan fingerprint density at radius 1 is 1.05 bits per heavy atom. The van der Waals surface area contributed by atoms with Crippen LogP contribution in [0.4, 0.5) is 0 Å². The summed E-state index contributed by atoms with van der Waals surface area (Å²) in [6, 6.07) is 15.7. The van der Waals surface area contributed by atoms with Gasteiger partial charge in [-0.2, -0.15) is 0 Å². The minimum atomic E-state index is -0.872. The molecular weight excluding hydrogens is 250 g/mol. The smallest absolute Gasteiger partial charge is 0.335 e. The monoisotopic (exact) mass is 267 g/mol. The summed E-state index contributed by atoms with van der Waals surface area (Å²) >= 11 is 0. The predicted octanol–water partition coefficient (Wildman–Crippen LogP) is 2.94. The number of hydrogen-bond donors (Lipinski definition) is 1. The van der Waals surface area contributed by atoms with Crippen LogP contribution in [0.3, 0.4) is 0 Å². The second kappa shape index (κ2) is 5.47. The maximum Gasteiger partial charge on any atom is 0.335 e. The van der Waals surface area contributed by atoms with E-state index in [1.54, 1.807) is 12.1 Å². The number of nitrogens with zero attached hydrogens (tertiary/aromatic N) is 1. The van der Waals surface area contributed by atoms with Gasteiger partial charge in [0, 0.05) is 19.6 Å². The van der Waals surface area contributed by atoms with Crippen molar-refractivity contribution in [2.75, 3.05) is 6.54 Å². The van der Waals surface area contributed by atoms with E-state index in [0.29, 0.717) is 5.56 Å². The number of benzene rings is 2. The summed E-state index contributed by atoms with van der Waals surface area (Å²) in [5.41, 5.74) is 4.36. The van der Waals surface area contributed by atoms with Gasteiger partial charge in [0.2, 0.25) is 0 Å². The summed E-state index contributed by atoms with van der Waals surface area (Å²) in [5, 5.41) is 8.90. The van der Waals surface area contributed by atoms with Gasteiger partial charge in [0.25, 0.3) is 0 Å². The molecule has 0 aromatic heterocycles. The second-order valence-corrected chi connectivity index (χ2v) is 5.23. The molecule has 2 aromatic carbocycles. The predicted molar refractivity (Wildman–Crippen MR) is 77.7 cm³/mol. The Balaban J connectivity index is 1.69. The van der Waals surface area contributed by atoms with Crippen molar-refractivity contribution in [3.8, 4) is 0 Å². The molecule has 0 amide bonds. The number of rotatable bonds is 3. The number of hydrogen-bond acceptors (Lipinski definition) is 2. The molecule has 0 radical (unpaired) electrons. The topological polar surface area (TPSA) is 40.5 Å². The molecule has 0 fully saturated rings. The number of carbonyl (C=O) groups is 1. The van der Waals surface area contributed by atoms with Crippen molar-refractivity contribution in [2.24, 2.45) is 0 Å². The van der Waals surface area contributed by atoms with Crippen molar-refractivity contribution in [3.63, 3.8) is 0 Å². The zero-order chi connectivity index (χ0) is 13.9. The van der Waals surface area contributed by atoms with Gasteiger partial charge in [-0.05, 0) is 35.2 Å². The van der Waals surface area contributed by atoms with E-state index in [1.807, 2.05) is 12.1 Å². The van der Waals surface area contributed by atoms with Gasteiger partial charge in [0.05, 0.1) is 5.56 Å². The SMILES string of the molecule is O=C(O)c1ccc(CN2CCc3ccccc3C2)cc1. The Bertz CT molecular complexity index is 619. The molecular formula is C17H17NO2. The molecule has 20 heavy (non-hydrogen) atoms. The zero-order valence-electron chi connectivity index (χ0n) is 11.2. The molecule has 0 aliphatic carbocycles. The van der Waals surface area contributed by atoms with Crippen molar-refractivity contribution in [1.82, 2.24) is 4.90 Å². The molecule has 0 saturated heterocycles. The van der Waals surface area contributed by atoms with Crippen LogP contribution in [-0.2, 0) is 19.5 Å². The highest BCUT2D eigenvalue weighted by atomic mass is 16.4. The van der Waals surface area contributed by atoms with E-state index < -0.39 is 5.97 Å². The molecule has 3 heteroatoms. The lowest BCUT2D eigenvalue weighted by Gasteiger charge is -2.28. The van der Waals surface area contributed by atoms with Crippen molar-refractivity contribution >= 4 is 5.97 Å². The van der Waals surface area contributed by atoms with Crippen LogP contribution in [0.25, 0.3) is 0 Å². The van der Waals surface area contributed by atoms with Gasteiger partial charge in [-0.3, -0.25) is 4.90 Å². The van der Waals surface area contributed by atoms with E-state index in [9.17, 15) is 4.79 Å². The average Bonchev–Trinajstić information content (AvgIpc) is 2.48. The molecule has 0 spiro atoms. The first-order valence-electron chi connectivity index (χ1n) is 6.84. The molecule has 1 aliphatic rings. The highest BCUT2D eigenvalue weighted by Gasteiger charge is 2.15. The largest absolute Gasteiger partial charge is 0.478 e. The average molecular weight is 267 g/mol. The molecule has 0 saturated carbocycles. The Labute approximate surface area is 118 Å². The summed E-state index contributed by atoms with van der Waals surface area (Å²) in [4.78, 5) is 13.2. The van der Waals surface area contributed by atoms with Crippen LogP contribution in [0, 0.1) is 0 Å². The molecule has 1 aliphatic heterocycles. The molecule has 0 unspecified atom stereocenters. The Hall–Kier alpha value is -2.13. The number of carboxylic acid groups (broad SMARTS) is 1. The molecule has 0 atom stereocenters. The minimum Gasteiger partial charge on any atom is -0.478 e. The van der Waals surface area contributed by atoms with Crippen LogP contribution in [0.2, 0.25) is 0 Å². The lowest BCUT2D eigenvalue weighted by molar-refractivity contribution is 0.0697. The van der Waals surface area contributed by atoms with Crippen LogP contribution >= 0.6 is 0 Å². The fraction of sp³-hybridized carbons (Fsp3) is 0.235. The molecule has 102 valence electrons. The van der Waals surface area contributed by atoms with Crippen LogP contribution in [0.1, 0.15) is 27.0 Å². The fourth-order valence-corrected chi connectivity index (χ4v) is 2.70. The van der Waals surface area contributed by atoms with Crippen LogP contribution < -0.4 is 0 Å². The minimum absolute atomic E-state index is 0.345. The third-order valence-corrected chi connectivity index (χ3v) is 3.82. The lowest BCUT2D eigenvalue weighted by Crippen LogP contribution is -2.29. The van der Waals surface area contributed by atoms with Crippen LogP contribution in [0.15, 0.2) is 48.5 Å². The van der Waals surface area contributed by atoms with Gasteiger partial charge in [-0.1, -0.05) is 36.4 Å². The van der Waals surface area contributed by atoms with Gasteiger partial charge in [0.15, 0.2) is 0 Å². The Morgan fingerprint density at radius 3 is 2.45 bits per heavy atom. The quantitative estimate of drug-likeness (QED) is 0.929. The van der Waals surface area contributed by atoms with E-state index in [0.717, 1.165) is 31.6 Å². The van der Waals surface area contributed by atoms with Gasteiger partial charge < -0.3 is 5.11 Å². The number of fused-ring (bicyclic) bond motifs is 1. The maximum atomic E-state index is 10.8. The first kappa shape index (κ1) is 12.9. The molecule has 3 rings (SSSR count). The normalized spacial score (nSPS) is 14.8. The molecule has 1 heterocycles. The second-order valence-electron chi connectivity index (χ2n) is 5.23. The molecule has 3 nitrogen and oxygen atoms in total. The van der Waals surface area contributed by atoms with Crippen LogP contribution in [-0.4, -0.2) is 22.5 Å². The zero-order valence-corrected chi connectivity index (χ0v) is 11.2. The first-order valence-corrected chi connectivity index (χ1v) is 6.84. The van der Waals surface area contributed by atoms with Gasteiger partial charge in [0.1, 0.15) is 0 Å². The van der Waals surface area contributed by atoms with Crippen molar-refractivity contribution in [2.45, 2.75) is 19.5 Å². The van der Waals surface area contributed by atoms with E-state index in [1.165, 1.54) is 11.1 Å². The summed E-state index contributed by atoms with van der Waals surface area (Å²) < 4.78 is 0. The van der Waals surface area contributed by atoms with Crippen molar-refractivity contribution in [3.05, 3.63) is 70.8 Å². The Kier molecular flexibility index (Phi) is 3.52. The molecule has 2 aromatic rings. The van der Waals surface area contributed by atoms with E-state index in [2.05, 4.69) is 29.2 Å². The van der Waals surface area contributed by atoms with Crippen LogP contribution in [0.5, 0.6) is 0 Å². The third-order valence-electron chi connectivity index (χ3n) is 3.82. The summed E-state index contributed by atoms with van der Waals surface area (Å²) in [5.74, 6) is -0.872. The van der Waals surface area contributed by atoms with E-state index in [4.69, 9.17) is 5.11 Å². The molecule has 0 bridgehead atoms. The standard InChI is InChI=1S/C17H17NO2/c19-17(20)15-7-5-13(6-8-15)11-18-10-9-14-3-1-2-4-16(14)12-18/h1-8H,9-12H2,(H,19,20). The van der Waals surface area contributed by atoms with Crippen molar-refractivity contribution in [1.29, 1.82) is 0 Å². The van der Waals surface area contributed by atoms with E-state index in [-0.39, 0.29) is 0 Å². The molecule has 1 N–H and O–H groups in total. The Morgan fingerprint density at radius 2 is 1.75 bits per heavy atom. The fourth-order valence-electron chi connectivity index (χ4n) is 2.70. The summed E-state index contributed by atoms with van der Waals surface area (Å²) in [7, 11) is 0. The summed E-state index contributed by atoms with van der Waals surface area (Å²) in [6.45, 7) is 2.89. The van der Waals surface area contributed by atoms with Crippen molar-refractivity contribution < 1.29 is 9.90 Å². The van der Waals surface area contributed by atoms with Gasteiger partial charge in [-0.25, -0.2) is 4.79 Å². The van der Waals surface area contributed by atoms with E-state index >= 15 is 0 Å².